The van der Waals surface area contributed by atoms with Gasteiger partial charge in [-0.05, 0) is 48.2 Å². The quantitative estimate of drug-likeness (QED) is 0.582. The average Bonchev–Trinajstić information content (AvgIpc) is 3.20. The molecule has 0 amide bonds. The van der Waals surface area contributed by atoms with Gasteiger partial charge in [0, 0.05) is 25.8 Å². The number of aromatic nitrogens is 1. The number of alkyl halides is 3. The van der Waals surface area contributed by atoms with E-state index < -0.39 is 6.36 Å². The van der Waals surface area contributed by atoms with Crippen molar-refractivity contribution in [2.24, 2.45) is 10.7 Å². The number of aliphatic imine (C=N–C) groups is 1. The normalized spacial score (nSPS) is 15.0. The van der Waals surface area contributed by atoms with Crippen LogP contribution in [0.3, 0.4) is 0 Å². The molecule has 0 spiro atoms. The Kier molecular flexibility index (Phi) is 6.23. The Morgan fingerprint density at radius 3 is 2.54 bits per heavy atom. The lowest BCUT2D eigenvalue weighted by molar-refractivity contribution is -0.274. The summed E-state index contributed by atoms with van der Waals surface area (Å²) < 4.78 is 40.3. The zero-order valence-corrected chi connectivity index (χ0v) is 15.2. The SMILES string of the molecule is NC(=NCc1ccnc(N2CCCC2)c1)NCc1ccc(OC(F)(F)F)cc1. The second-order valence-corrected chi connectivity index (χ2v) is 6.46. The summed E-state index contributed by atoms with van der Waals surface area (Å²) in [5, 5.41) is 2.95. The molecule has 1 fully saturated rings. The highest BCUT2D eigenvalue weighted by Crippen LogP contribution is 2.22. The number of benzene rings is 1. The molecule has 1 aliphatic rings. The average molecular weight is 393 g/mol. The largest absolute Gasteiger partial charge is 0.573 e. The summed E-state index contributed by atoms with van der Waals surface area (Å²) in [4.78, 5) is 11.0. The number of ether oxygens (including phenoxy) is 1. The highest BCUT2D eigenvalue weighted by molar-refractivity contribution is 5.77. The van der Waals surface area contributed by atoms with E-state index in [2.05, 4.69) is 24.9 Å². The molecule has 0 saturated carbocycles. The zero-order chi connectivity index (χ0) is 20.0. The second kappa shape index (κ2) is 8.81. The molecule has 0 radical (unpaired) electrons. The van der Waals surface area contributed by atoms with E-state index in [0.717, 1.165) is 30.0 Å². The summed E-state index contributed by atoms with van der Waals surface area (Å²) in [6.07, 6.45) is -0.556. The van der Waals surface area contributed by atoms with Crippen LogP contribution in [0.4, 0.5) is 19.0 Å². The van der Waals surface area contributed by atoms with Crippen molar-refractivity contribution < 1.29 is 17.9 Å². The first-order valence-corrected chi connectivity index (χ1v) is 8.97. The lowest BCUT2D eigenvalue weighted by atomic mass is 10.2. The van der Waals surface area contributed by atoms with Gasteiger partial charge in [0.15, 0.2) is 5.96 Å². The molecular weight excluding hydrogens is 371 g/mol. The highest BCUT2D eigenvalue weighted by atomic mass is 19.4. The van der Waals surface area contributed by atoms with E-state index in [1.165, 1.54) is 37.1 Å². The molecule has 1 saturated heterocycles. The van der Waals surface area contributed by atoms with Crippen molar-refractivity contribution in [2.75, 3.05) is 18.0 Å². The van der Waals surface area contributed by atoms with Gasteiger partial charge in [-0.15, -0.1) is 13.2 Å². The van der Waals surface area contributed by atoms with E-state index in [4.69, 9.17) is 5.73 Å². The minimum absolute atomic E-state index is 0.259. The molecule has 3 N–H and O–H groups in total. The number of nitrogens with zero attached hydrogens (tertiary/aromatic N) is 3. The van der Waals surface area contributed by atoms with E-state index in [-0.39, 0.29) is 11.7 Å². The van der Waals surface area contributed by atoms with Crippen LogP contribution in [0.2, 0.25) is 0 Å². The number of rotatable bonds is 6. The number of hydrogen-bond acceptors (Lipinski definition) is 4. The third-order valence-electron chi connectivity index (χ3n) is 4.30. The van der Waals surface area contributed by atoms with Crippen LogP contribution in [-0.2, 0) is 13.1 Å². The molecule has 150 valence electrons. The van der Waals surface area contributed by atoms with Crippen LogP contribution < -0.4 is 20.7 Å². The molecule has 28 heavy (non-hydrogen) atoms. The number of nitrogens with two attached hydrogens (primary N) is 1. The number of nitrogens with one attached hydrogen (secondary N) is 1. The maximum absolute atomic E-state index is 12.2. The molecular formula is C19H22F3N5O. The molecule has 1 aromatic carbocycles. The topological polar surface area (TPSA) is 75.8 Å². The summed E-state index contributed by atoms with van der Waals surface area (Å²) in [5.74, 6) is 0.956. The van der Waals surface area contributed by atoms with Gasteiger partial charge in [0.05, 0.1) is 6.54 Å². The van der Waals surface area contributed by atoms with Crippen LogP contribution in [0.25, 0.3) is 0 Å². The minimum atomic E-state index is -4.70. The Labute approximate surface area is 161 Å². The van der Waals surface area contributed by atoms with Crippen LogP contribution in [-0.4, -0.2) is 30.4 Å². The van der Waals surface area contributed by atoms with Crippen LogP contribution in [0.1, 0.15) is 24.0 Å². The number of guanidine groups is 1. The minimum Gasteiger partial charge on any atom is -0.406 e. The van der Waals surface area contributed by atoms with E-state index in [9.17, 15) is 13.2 Å². The van der Waals surface area contributed by atoms with Gasteiger partial charge in [-0.25, -0.2) is 9.98 Å². The van der Waals surface area contributed by atoms with Gasteiger partial charge in [0.1, 0.15) is 11.6 Å². The molecule has 3 rings (SSSR count). The third kappa shape index (κ3) is 6.04. The Morgan fingerprint density at radius 2 is 1.86 bits per heavy atom. The van der Waals surface area contributed by atoms with Gasteiger partial charge in [-0.3, -0.25) is 0 Å². The number of pyridine rings is 1. The standard InChI is InChI=1S/C19H22F3N5O/c20-19(21,22)28-16-5-3-14(4-6-16)12-25-18(23)26-13-15-7-8-24-17(11-15)27-9-1-2-10-27/h3-8,11H,1-2,9-10,12-13H2,(H3,23,25,26). The summed E-state index contributed by atoms with van der Waals surface area (Å²) in [6, 6.07) is 9.50. The molecule has 2 heterocycles. The molecule has 0 aliphatic carbocycles. The lowest BCUT2D eigenvalue weighted by Gasteiger charge is -2.16. The second-order valence-electron chi connectivity index (χ2n) is 6.46. The predicted molar refractivity (Wildman–Crippen MR) is 101 cm³/mol. The van der Waals surface area contributed by atoms with Gasteiger partial charge in [-0.2, -0.15) is 0 Å². The first-order chi connectivity index (χ1) is 13.4. The van der Waals surface area contributed by atoms with Gasteiger partial charge in [0.2, 0.25) is 0 Å². The number of halogens is 3. The first-order valence-electron chi connectivity index (χ1n) is 8.97. The fraction of sp³-hybridized carbons (Fsp3) is 0.368. The van der Waals surface area contributed by atoms with Crippen molar-refractivity contribution in [3.8, 4) is 5.75 Å². The van der Waals surface area contributed by atoms with Gasteiger partial charge in [-0.1, -0.05) is 12.1 Å². The van der Waals surface area contributed by atoms with Crippen molar-refractivity contribution >= 4 is 11.8 Å². The molecule has 6 nitrogen and oxygen atoms in total. The first kappa shape index (κ1) is 19.8. The molecule has 1 aliphatic heterocycles. The Hall–Kier alpha value is -2.97. The summed E-state index contributed by atoms with van der Waals surface area (Å²) in [5.41, 5.74) is 7.65. The van der Waals surface area contributed by atoms with Crippen molar-refractivity contribution in [3.63, 3.8) is 0 Å². The smallest absolute Gasteiger partial charge is 0.406 e. The van der Waals surface area contributed by atoms with E-state index >= 15 is 0 Å². The van der Waals surface area contributed by atoms with Gasteiger partial charge < -0.3 is 20.7 Å². The van der Waals surface area contributed by atoms with Gasteiger partial charge >= 0.3 is 6.36 Å². The number of anilines is 1. The van der Waals surface area contributed by atoms with E-state index in [1.54, 1.807) is 6.20 Å². The summed E-state index contributed by atoms with van der Waals surface area (Å²) in [6.45, 7) is 2.81. The van der Waals surface area contributed by atoms with Crippen molar-refractivity contribution in [3.05, 3.63) is 53.7 Å². The Balaban J connectivity index is 1.50. The molecule has 1 aromatic heterocycles. The molecule has 2 aromatic rings. The molecule has 9 heteroatoms. The van der Waals surface area contributed by atoms with Crippen molar-refractivity contribution in [1.29, 1.82) is 0 Å². The fourth-order valence-electron chi connectivity index (χ4n) is 2.91. The zero-order valence-electron chi connectivity index (χ0n) is 15.2. The third-order valence-corrected chi connectivity index (χ3v) is 4.30. The maximum Gasteiger partial charge on any atom is 0.573 e. The monoisotopic (exact) mass is 393 g/mol. The number of hydrogen-bond donors (Lipinski definition) is 2. The van der Waals surface area contributed by atoms with Crippen LogP contribution in [0.5, 0.6) is 5.75 Å². The molecule has 0 atom stereocenters. The molecule has 0 bridgehead atoms. The van der Waals surface area contributed by atoms with Crippen LogP contribution >= 0.6 is 0 Å². The lowest BCUT2D eigenvalue weighted by Crippen LogP contribution is -2.31. The summed E-state index contributed by atoms with van der Waals surface area (Å²) in [7, 11) is 0. The van der Waals surface area contributed by atoms with Crippen molar-refractivity contribution in [2.45, 2.75) is 32.3 Å². The highest BCUT2D eigenvalue weighted by Gasteiger charge is 2.30. The van der Waals surface area contributed by atoms with E-state index in [0.29, 0.717) is 13.1 Å². The van der Waals surface area contributed by atoms with E-state index in [1.807, 2.05) is 12.1 Å². The van der Waals surface area contributed by atoms with Crippen molar-refractivity contribution in [1.82, 2.24) is 10.3 Å². The van der Waals surface area contributed by atoms with Gasteiger partial charge in [0.25, 0.3) is 0 Å². The maximum atomic E-state index is 12.2. The predicted octanol–water partition coefficient (Wildman–Crippen LogP) is 3.18. The van der Waals surface area contributed by atoms with Crippen LogP contribution in [0, 0.1) is 0 Å². The summed E-state index contributed by atoms with van der Waals surface area (Å²) >= 11 is 0. The molecule has 0 unspecified atom stereocenters. The van der Waals surface area contributed by atoms with Crippen LogP contribution in [0.15, 0.2) is 47.6 Å². The fourth-order valence-corrected chi connectivity index (χ4v) is 2.91. The Bertz CT molecular complexity index is 802. The Morgan fingerprint density at radius 1 is 1.14 bits per heavy atom.